The van der Waals surface area contributed by atoms with E-state index in [2.05, 4.69) is 10.3 Å². The van der Waals surface area contributed by atoms with Crippen molar-refractivity contribution in [3.8, 4) is 0 Å². The van der Waals surface area contributed by atoms with Crippen molar-refractivity contribution in [3.63, 3.8) is 0 Å². The average molecular weight is 426 g/mol. The standard InChI is InChI=1S/C23H28FN5O2/c1-25-20-12-19(16-11-22(30)29(13-16)18-9-7-17(24)8-10-18)26-21(27-20)14-28(2)23(31)15-5-3-4-6-15/h7-10,12,15-16H,3-6,11,13-14H2,1-2H3,(H,25,26,27). The van der Waals surface area contributed by atoms with Gasteiger partial charge in [0.25, 0.3) is 0 Å². The Bertz CT molecular complexity index is 959. The normalized spacial score (nSPS) is 19.1. The van der Waals surface area contributed by atoms with Crippen LogP contribution < -0.4 is 10.2 Å². The van der Waals surface area contributed by atoms with Gasteiger partial charge in [-0.15, -0.1) is 0 Å². The summed E-state index contributed by atoms with van der Waals surface area (Å²) < 4.78 is 13.2. The molecule has 1 saturated heterocycles. The summed E-state index contributed by atoms with van der Waals surface area (Å²) in [5.41, 5.74) is 1.45. The molecule has 1 unspecified atom stereocenters. The second-order valence-electron chi connectivity index (χ2n) is 8.40. The molecule has 2 fully saturated rings. The zero-order valence-corrected chi connectivity index (χ0v) is 18.0. The Morgan fingerprint density at radius 1 is 1.23 bits per heavy atom. The molecule has 1 saturated carbocycles. The summed E-state index contributed by atoms with van der Waals surface area (Å²) in [6.45, 7) is 0.807. The zero-order valence-electron chi connectivity index (χ0n) is 18.0. The molecule has 1 aliphatic carbocycles. The molecular weight excluding hydrogens is 397 g/mol. The van der Waals surface area contributed by atoms with Gasteiger partial charge in [0.15, 0.2) is 0 Å². The maximum atomic E-state index is 13.2. The topological polar surface area (TPSA) is 78.4 Å². The van der Waals surface area contributed by atoms with Gasteiger partial charge < -0.3 is 15.1 Å². The minimum absolute atomic E-state index is 0.0173. The lowest BCUT2D eigenvalue weighted by molar-refractivity contribution is -0.134. The Hall–Kier alpha value is -3.03. The first-order valence-corrected chi connectivity index (χ1v) is 10.8. The van der Waals surface area contributed by atoms with Crippen molar-refractivity contribution in [2.24, 2.45) is 5.92 Å². The Kier molecular flexibility index (Phi) is 6.15. The second kappa shape index (κ2) is 8.99. The fourth-order valence-corrected chi connectivity index (χ4v) is 4.48. The van der Waals surface area contributed by atoms with E-state index in [4.69, 9.17) is 4.98 Å². The summed E-state index contributed by atoms with van der Waals surface area (Å²) in [6, 6.07) is 7.80. The van der Waals surface area contributed by atoms with Crippen molar-refractivity contribution >= 4 is 23.3 Å². The molecule has 8 heteroatoms. The predicted molar refractivity (Wildman–Crippen MR) is 116 cm³/mol. The molecule has 2 heterocycles. The first kappa shape index (κ1) is 21.2. The highest BCUT2D eigenvalue weighted by Crippen LogP contribution is 2.32. The SMILES string of the molecule is CNc1cc(C2CC(=O)N(c3ccc(F)cc3)C2)nc(CN(C)C(=O)C2CCCC2)n1. The molecule has 7 nitrogen and oxygen atoms in total. The van der Waals surface area contributed by atoms with Gasteiger partial charge in [-0.1, -0.05) is 12.8 Å². The summed E-state index contributed by atoms with van der Waals surface area (Å²) in [6.07, 6.45) is 4.46. The van der Waals surface area contributed by atoms with E-state index in [1.165, 1.54) is 12.1 Å². The Morgan fingerprint density at radius 3 is 2.61 bits per heavy atom. The van der Waals surface area contributed by atoms with E-state index >= 15 is 0 Å². The highest BCUT2D eigenvalue weighted by molar-refractivity contribution is 5.96. The molecule has 1 atom stereocenters. The number of aromatic nitrogens is 2. The van der Waals surface area contributed by atoms with Gasteiger partial charge in [0, 0.05) is 50.7 Å². The van der Waals surface area contributed by atoms with Gasteiger partial charge in [0.05, 0.1) is 12.2 Å². The minimum atomic E-state index is -0.331. The van der Waals surface area contributed by atoms with Crippen LogP contribution in [0.1, 0.15) is 49.5 Å². The molecule has 0 bridgehead atoms. The van der Waals surface area contributed by atoms with Crippen LogP contribution in [0.5, 0.6) is 0 Å². The fourth-order valence-electron chi connectivity index (χ4n) is 4.48. The third-order valence-electron chi connectivity index (χ3n) is 6.19. The third-order valence-corrected chi connectivity index (χ3v) is 6.19. The van der Waals surface area contributed by atoms with E-state index < -0.39 is 0 Å². The van der Waals surface area contributed by atoms with Gasteiger partial charge in [0.1, 0.15) is 17.5 Å². The van der Waals surface area contributed by atoms with Crippen LogP contribution in [0.2, 0.25) is 0 Å². The van der Waals surface area contributed by atoms with Crippen LogP contribution in [0.4, 0.5) is 15.9 Å². The van der Waals surface area contributed by atoms with Crippen molar-refractivity contribution in [3.05, 3.63) is 47.7 Å². The summed E-state index contributed by atoms with van der Waals surface area (Å²) in [5.74, 6) is 1.03. The summed E-state index contributed by atoms with van der Waals surface area (Å²) in [5, 5.41) is 3.05. The number of rotatable bonds is 6. The first-order valence-electron chi connectivity index (χ1n) is 10.8. The summed E-state index contributed by atoms with van der Waals surface area (Å²) in [7, 11) is 3.58. The van der Waals surface area contributed by atoms with Crippen molar-refractivity contribution in [1.29, 1.82) is 0 Å². The highest BCUT2D eigenvalue weighted by Gasteiger charge is 2.33. The lowest BCUT2D eigenvalue weighted by Gasteiger charge is -2.21. The van der Waals surface area contributed by atoms with Crippen molar-refractivity contribution in [2.45, 2.75) is 44.6 Å². The number of carbonyl (C=O) groups excluding carboxylic acids is 2. The molecular formula is C23H28FN5O2. The first-order chi connectivity index (χ1) is 14.9. The van der Waals surface area contributed by atoms with Gasteiger partial charge in [-0.25, -0.2) is 14.4 Å². The van der Waals surface area contributed by atoms with Gasteiger partial charge in [-0.05, 0) is 37.1 Å². The monoisotopic (exact) mass is 425 g/mol. The van der Waals surface area contributed by atoms with Gasteiger partial charge in [0.2, 0.25) is 11.8 Å². The van der Waals surface area contributed by atoms with Crippen LogP contribution in [0.15, 0.2) is 30.3 Å². The number of benzene rings is 1. The average Bonchev–Trinajstić information content (AvgIpc) is 3.43. The van der Waals surface area contributed by atoms with Crippen molar-refractivity contribution in [1.82, 2.24) is 14.9 Å². The number of amides is 2. The Labute approximate surface area is 181 Å². The molecule has 1 aromatic heterocycles. The Morgan fingerprint density at radius 2 is 1.94 bits per heavy atom. The molecule has 2 amide bonds. The molecule has 2 aliphatic rings. The Balaban J connectivity index is 1.51. The van der Waals surface area contributed by atoms with E-state index in [9.17, 15) is 14.0 Å². The van der Waals surface area contributed by atoms with Crippen molar-refractivity contribution < 1.29 is 14.0 Å². The zero-order chi connectivity index (χ0) is 22.0. The fraction of sp³-hybridized carbons (Fsp3) is 0.478. The minimum Gasteiger partial charge on any atom is -0.373 e. The van der Waals surface area contributed by atoms with Crippen LogP contribution in [0, 0.1) is 11.7 Å². The number of halogens is 1. The molecule has 1 aliphatic heterocycles. The van der Waals surface area contributed by atoms with E-state index in [0.717, 1.165) is 31.4 Å². The number of nitrogens with one attached hydrogen (secondary N) is 1. The van der Waals surface area contributed by atoms with E-state index in [1.807, 2.05) is 6.07 Å². The van der Waals surface area contributed by atoms with Crippen molar-refractivity contribution in [2.75, 3.05) is 30.9 Å². The largest absolute Gasteiger partial charge is 0.373 e. The lowest BCUT2D eigenvalue weighted by atomic mass is 10.0. The quantitative estimate of drug-likeness (QED) is 0.768. The van der Waals surface area contributed by atoms with Crippen LogP contribution >= 0.6 is 0 Å². The summed E-state index contributed by atoms with van der Waals surface area (Å²) >= 11 is 0. The third kappa shape index (κ3) is 4.68. The van der Waals surface area contributed by atoms with Crippen LogP contribution in [-0.4, -0.2) is 47.3 Å². The second-order valence-corrected chi connectivity index (χ2v) is 8.40. The van der Waals surface area contributed by atoms with Crippen LogP contribution in [0.25, 0.3) is 0 Å². The molecule has 1 aromatic carbocycles. The van der Waals surface area contributed by atoms with Crippen LogP contribution in [-0.2, 0) is 16.1 Å². The lowest BCUT2D eigenvalue weighted by Crippen LogP contribution is -2.32. The van der Waals surface area contributed by atoms with Gasteiger partial charge in [-0.3, -0.25) is 9.59 Å². The summed E-state index contributed by atoms with van der Waals surface area (Å²) in [4.78, 5) is 37.9. The molecule has 164 valence electrons. The molecule has 2 aromatic rings. The number of anilines is 2. The maximum absolute atomic E-state index is 13.2. The number of hydrogen-bond donors (Lipinski definition) is 1. The number of hydrogen-bond acceptors (Lipinski definition) is 5. The molecule has 0 radical (unpaired) electrons. The molecule has 4 rings (SSSR count). The maximum Gasteiger partial charge on any atom is 0.227 e. The van der Waals surface area contributed by atoms with Gasteiger partial charge in [-0.2, -0.15) is 0 Å². The highest BCUT2D eigenvalue weighted by atomic mass is 19.1. The molecule has 0 spiro atoms. The molecule has 31 heavy (non-hydrogen) atoms. The predicted octanol–water partition coefficient (Wildman–Crippen LogP) is 3.33. The number of nitrogens with zero attached hydrogens (tertiary/aromatic N) is 4. The smallest absolute Gasteiger partial charge is 0.227 e. The van der Waals surface area contributed by atoms with Crippen LogP contribution in [0.3, 0.4) is 0 Å². The van der Waals surface area contributed by atoms with Gasteiger partial charge >= 0.3 is 0 Å². The van der Waals surface area contributed by atoms with E-state index in [1.54, 1.807) is 36.0 Å². The van der Waals surface area contributed by atoms with E-state index in [0.29, 0.717) is 36.8 Å². The van der Waals surface area contributed by atoms with E-state index in [-0.39, 0.29) is 29.5 Å². The molecule has 1 N–H and O–H groups in total. The number of carbonyl (C=O) groups is 2.